The van der Waals surface area contributed by atoms with Gasteiger partial charge in [-0.2, -0.15) is 0 Å². The summed E-state index contributed by atoms with van der Waals surface area (Å²) >= 11 is 0. The summed E-state index contributed by atoms with van der Waals surface area (Å²) in [6.45, 7) is 5.76. The van der Waals surface area contributed by atoms with Crippen LogP contribution in [0.25, 0.3) is 0 Å². The quantitative estimate of drug-likeness (QED) is 0.761. The number of carbonyl (C=O) groups excluding carboxylic acids is 2. The second kappa shape index (κ2) is 8.15. The number of amides is 1. The molecule has 0 bridgehead atoms. The van der Waals surface area contributed by atoms with Gasteiger partial charge in [0.15, 0.2) is 5.78 Å². The molecule has 0 aromatic heterocycles. The van der Waals surface area contributed by atoms with Crippen LogP contribution < -0.4 is 15.4 Å². The fourth-order valence-electron chi connectivity index (χ4n) is 2.20. The standard InChI is InChI=1S/C19H22N2O3/c1-4-24-18-8-6-5-7-17(18)20-13(2)19(23)21-16-11-9-15(10-12-16)14(3)22/h5-13,20H,4H2,1-3H3,(H,21,23). The number of Topliss-reactive ketones (excluding diaryl/α,β-unsaturated/α-hetero) is 1. The first kappa shape index (κ1) is 17.5. The van der Waals surface area contributed by atoms with Crippen LogP contribution in [0, 0.1) is 0 Å². The van der Waals surface area contributed by atoms with Gasteiger partial charge in [0, 0.05) is 11.3 Å². The summed E-state index contributed by atoms with van der Waals surface area (Å²) in [4.78, 5) is 23.6. The molecule has 2 N–H and O–H groups in total. The van der Waals surface area contributed by atoms with Crippen molar-refractivity contribution in [1.82, 2.24) is 0 Å². The molecule has 0 spiro atoms. The Kier molecular flexibility index (Phi) is 5.95. The van der Waals surface area contributed by atoms with Gasteiger partial charge >= 0.3 is 0 Å². The monoisotopic (exact) mass is 326 g/mol. The smallest absolute Gasteiger partial charge is 0.246 e. The lowest BCUT2D eigenvalue weighted by atomic mass is 10.1. The molecule has 5 nitrogen and oxygen atoms in total. The molecule has 1 amide bonds. The highest BCUT2D eigenvalue weighted by atomic mass is 16.5. The Balaban J connectivity index is 2.01. The van der Waals surface area contributed by atoms with E-state index >= 15 is 0 Å². The molecule has 0 saturated heterocycles. The van der Waals surface area contributed by atoms with Crippen LogP contribution >= 0.6 is 0 Å². The second-order valence-corrected chi connectivity index (χ2v) is 5.42. The molecule has 1 unspecified atom stereocenters. The number of ketones is 1. The Morgan fingerprint density at radius 3 is 2.38 bits per heavy atom. The molecule has 5 heteroatoms. The summed E-state index contributed by atoms with van der Waals surface area (Å²) < 4.78 is 5.55. The van der Waals surface area contributed by atoms with E-state index in [2.05, 4.69) is 10.6 Å². The molecule has 0 aliphatic heterocycles. The van der Waals surface area contributed by atoms with Gasteiger partial charge in [0.25, 0.3) is 0 Å². The largest absolute Gasteiger partial charge is 0.492 e. The molecule has 24 heavy (non-hydrogen) atoms. The Hall–Kier alpha value is -2.82. The van der Waals surface area contributed by atoms with Gasteiger partial charge in [-0.25, -0.2) is 0 Å². The number of rotatable bonds is 7. The van der Waals surface area contributed by atoms with E-state index in [0.29, 0.717) is 23.6 Å². The van der Waals surface area contributed by atoms with Crippen molar-refractivity contribution in [2.75, 3.05) is 17.2 Å². The Morgan fingerprint density at radius 1 is 1.08 bits per heavy atom. The zero-order valence-electron chi connectivity index (χ0n) is 14.1. The van der Waals surface area contributed by atoms with Gasteiger partial charge in [-0.05, 0) is 57.2 Å². The molecule has 0 saturated carbocycles. The maximum Gasteiger partial charge on any atom is 0.246 e. The third-order valence-corrected chi connectivity index (χ3v) is 3.51. The van der Waals surface area contributed by atoms with Gasteiger partial charge in [-0.3, -0.25) is 9.59 Å². The summed E-state index contributed by atoms with van der Waals surface area (Å²) in [5, 5.41) is 5.98. The molecule has 0 fully saturated rings. The Bertz CT molecular complexity index is 711. The van der Waals surface area contributed by atoms with E-state index < -0.39 is 6.04 Å². The lowest BCUT2D eigenvalue weighted by molar-refractivity contribution is -0.116. The summed E-state index contributed by atoms with van der Waals surface area (Å²) in [5.41, 5.74) is 2.04. The number of benzene rings is 2. The average molecular weight is 326 g/mol. The average Bonchev–Trinajstić information content (AvgIpc) is 2.57. The zero-order valence-corrected chi connectivity index (χ0v) is 14.1. The molecule has 0 radical (unpaired) electrons. The van der Waals surface area contributed by atoms with Crippen molar-refractivity contribution in [2.24, 2.45) is 0 Å². The van der Waals surface area contributed by atoms with E-state index in [4.69, 9.17) is 4.74 Å². The van der Waals surface area contributed by atoms with E-state index in [-0.39, 0.29) is 11.7 Å². The highest BCUT2D eigenvalue weighted by molar-refractivity contribution is 5.98. The van der Waals surface area contributed by atoms with Crippen molar-refractivity contribution >= 4 is 23.1 Å². The SMILES string of the molecule is CCOc1ccccc1NC(C)C(=O)Nc1ccc(C(C)=O)cc1. The Labute approximate surface area is 142 Å². The van der Waals surface area contributed by atoms with Crippen LogP contribution in [0.4, 0.5) is 11.4 Å². The fraction of sp³-hybridized carbons (Fsp3) is 0.263. The lowest BCUT2D eigenvalue weighted by Crippen LogP contribution is -2.32. The van der Waals surface area contributed by atoms with Crippen LogP contribution in [0.1, 0.15) is 31.1 Å². The van der Waals surface area contributed by atoms with Crippen LogP contribution in [-0.2, 0) is 4.79 Å². The third-order valence-electron chi connectivity index (χ3n) is 3.51. The first-order valence-electron chi connectivity index (χ1n) is 7.91. The molecule has 2 aromatic carbocycles. The van der Waals surface area contributed by atoms with Crippen molar-refractivity contribution in [3.05, 3.63) is 54.1 Å². The van der Waals surface area contributed by atoms with E-state index in [1.165, 1.54) is 6.92 Å². The number of anilines is 2. The minimum Gasteiger partial charge on any atom is -0.492 e. The number of hydrogen-bond acceptors (Lipinski definition) is 4. The Morgan fingerprint density at radius 2 is 1.75 bits per heavy atom. The first-order chi connectivity index (χ1) is 11.5. The summed E-state index contributed by atoms with van der Waals surface area (Å²) in [7, 11) is 0. The van der Waals surface area contributed by atoms with Crippen LogP contribution in [0.15, 0.2) is 48.5 Å². The van der Waals surface area contributed by atoms with Gasteiger partial charge < -0.3 is 15.4 Å². The number of nitrogens with one attached hydrogen (secondary N) is 2. The predicted molar refractivity (Wildman–Crippen MR) is 95.8 cm³/mol. The minimum absolute atomic E-state index is 0.00422. The second-order valence-electron chi connectivity index (χ2n) is 5.42. The predicted octanol–water partition coefficient (Wildman–Crippen LogP) is 3.73. The molecular formula is C19H22N2O3. The minimum atomic E-state index is -0.445. The van der Waals surface area contributed by atoms with Gasteiger partial charge in [0.1, 0.15) is 11.8 Å². The van der Waals surface area contributed by atoms with Crippen molar-refractivity contribution in [2.45, 2.75) is 26.8 Å². The van der Waals surface area contributed by atoms with Crippen LogP contribution in [0.3, 0.4) is 0 Å². The summed E-state index contributed by atoms with van der Waals surface area (Å²) in [5.74, 6) is 0.540. The molecule has 1 atom stereocenters. The molecule has 2 aromatic rings. The van der Waals surface area contributed by atoms with Crippen LogP contribution in [0.2, 0.25) is 0 Å². The van der Waals surface area contributed by atoms with Gasteiger partial charge in [0.05, 0.1) is 12.3 Å². The maximum atomic E-state index is 12.3. The van der Waals surface area contributed by atoms with Crippen molar-refractivity contribution in [3.8, 4) is 5.75 Å². The maximum absolute atomic E-state index is 12.3. The molecule has 0 aliphatic rings. The molecule has 0 heterocycles. The lowest BCUT2D eigenvalue weighted by Gasteiger charge is -2.18. The molecular weight excluding hydrogens is 304 g/mol. The number of carbonyl (C=O) groups is 2. The third kappa shape index (κ3) is 4.59. The summed E-state index contributed by atoms with van der Waals surface area (Å²) in [6.07, 6.45) is 0. The van der Waals surface area contributed by atoms with Crippen LogP contribution in [0.5, 0.6) is 5.75 Å². The summed E-state index contributed by atoms with van der Waals surface area (Å²) in [6, 6.07) is 13.9. The van der Waals surface area contributed by atoms with E-state index in [1.54, 1.807) is 31.2 Å². The van der Waals surface area contributed by atoms with Gasteiger partial charge in [-0.1, -0.05) is 12.1 Å². The number of hydrogen-bond donors (Lipinski definition) is 2. The highest BCUT2D eigenvalue weighted by Crippen LogP contribution is 2.24. The van der Waals surface area contributed by atoms with Crippen LogP contribution in [-0.4, -0.2) is 24.3 Å². The topological polar surface area (TPSA) is 67.4 Å². The zero-order chi connectivity index (χ0) is 17.5. The van der Waals surface area contributed by atoms with E-state index in [9.17, 15) is 9.59 Å². The number of para-hydroxylation sites is 2. The molecule has 126 valence electrons. The fourth-order valence-corrected chi connectivity index (χ4v) is 2.20. The first-order valence-corrected chi connectivity index (χ1v) is 7.91. The normalized spacial score (nSPS) is 11.5. The van der Waals surface area contributed by atoms with Gasteiger partial charge in [-0.15, -0.1) is 0 Å². The highest BCUT2D eigenvalue weighted by Gasteiger charge is 2.15. The molecule has 2 rings (SSSR count). The van der Waals surface area contributed by atoms with Crippen molar-refractivity contribution < 1.29 is 14.3 Å². The molecule has 0 aliphatic carbocycles. The van der Waals surface area contributed by atoms with Gasteiger partial charge in [0.2, 0.25) is 5.91 Å². The van der Waals surface area contributed by atoms with E-state index in [1.807, 2.05) is 31.2 Å². The van der Waals surface area contributed by atoms with Crippen molar-refractivity contribution in [1.29, 1.82) is 0 Å². The van der Waals surface area contributed by atoms with E-state index in [0.717, 1.165) is 5.69 Å². The number of ether oxygens (including phenoxy) is 1. The van der Waals surface area contributed by atoms with Crippen molar-refractivity contribution in [3.63, 3.8) is 0 Å².